The number of nitrogens with zero attached hydrogens (tertiary/aromatic N) is 2. The summed E-state index contributed by atoms with van der Waals surface area (Å²) in [4.78, 5) is 41.6. The van der Waals surface area contributed by atoms with Gasteiger partial charge in [0.15, 0.2) is 0 Å². The van der Waals surface area contributed by atoms with Gasteiger partial charge in [-0.1, -0.05) is 22.2 Å². The predicted molar refractivity (Wildman–Crippen MR) is 160 cm³/mol. The number of hydrogen-bond acceptors (Lipinski definition) is 8. The maximum Gasteiger partial charge on any atom is 0.254 e. The van der Waals surface area contributed by atoms with Gasteiger partial charge in [0.05, 0.1) is 50.0 Å². The molecule has 42 heavy (non-hydrogen) atoms. The SMILES string of the molecule is [B]c1c(O)c(CN2CCOCC2)c(O)c([B])c1CNc1cccc2c1CN(C1([B])C(=O)NC(=O)C([B])([B])C1([B])[B])C2=O. The smallest absolute Gasteiger partial charge is 0.254 e. The van der Waals surface area contributed by atoms with Gasteiger partial charge in [-0.3, -0.25) is 24.6 Å². The number of morpholine rings is 1. The zero-order valence-electron chi connectivity index (χ0n) is 22.6. The second-order valence-electron chi connectivity index (χ2n) is 10.7. The van der Waals surface area contributed by atoms with Crippen LogP contribution in [-0.4, -0.2) is 124 Å². The normalized spacial score (nSPS) is 23.4. The van der Waals surface area contributed by atoms with Gasteiger partial charge >= 0.3 is 0 Å². The third-order valence-electron chi connectivity index (χ3n) is 8.33. The molecule has 0 spiro atoms. The largest absolute Gasteiger partial charge is 0.508 e. The molecule has 2 aromatic carbocycles. The summed E-state index contributed by atoms with van der Waals surface area (Å²) in [7, 11) is 42.9. The van der Waals surface area contributed by atoms with E-state index in [0.29, 0.717) is 37.6 Å². The Bertz CT molecular complexity index is 1470. The lowest BCUT2D eigenvalue weighted by molar-refractivity contribution is -0.140. The third-order valence-corrected chi connectivity index (χ3v) is 8.33. The van der Waals surface area contributed by atoms with Gasteiger partial charge in [-0.05, 0) is 22.9 Å². The Hall–Kier alpha value is -3.18. The van der Waals surface area contributed by atoms with E-state index in [9.17, 15) is 24.6 Å². The molecular weight excluding hydrogens is 528 g/mol. The van der Waals surface area contributed by atoms with Crippen LogP contribution in [0, 0.1) is 0 Å². The topological polar surface area (TPSA) is 131 Å². The molecular formula is C25H21B7N4O6. The Morgan fingerprint density at radius 3 is 2.17 bits per heavy atom. The highest BCUT2D eigenvalue weighted by atomic mass is 16.5. The van der Waals surface area contributed by atoms with Crippen LogP contribution in [0.3, 0.4) is 0 Å². The van der Waals surface area contributed by atoms with Crippen molar-refractivity contribution in [1.82, 2.24) is 15.1 Å². The van der Waals surface area contributed by atoms with E-state index in [2.05, 4.69) is 5.32 Å². The van der Waals surface area contributed by atoms with E-state index in [1.165, 1.54) is 6.07 Å². The van der Waals surface area contributed by atoms with Crippen LogP contribution in [0.25, 0.3) is 0 Å². The van der Waals surface area contributed by atoms with Crippen molar-refractivity contribution in [1.29, 1.82) is 0 Å². The zero-order chi connectivity index (χ0) is 30.8. The fraction of sp³-hybridized carbons (Fsp3) is 0.400. The minimum atomic E-state index is -2.56. The number of phenols is 2. The van der Waals surface area contributed by atoms with Gasteiger partial charge < -0.3 is 25.2 Å². The average molecular weight is 549 g/mol. The molecule has 3 amide bonds. The molecule has 4 N–H and O–H groups in total. The van der Waals surface area contributed by atoms with Gasteiger partial charge in [0, 0.05) is 55.1 Å². The van der Waals surface area contributed by atoms with Gasteiger partial charge in [0.25, 0.3) is 5.91 Å². The number of benzene rings is 2. The molecule has 0 aromatic heterocycles. The van der Waals surface area contributed by atoms with Crippen molar-refractivity contribution in [2.45, 2.75) is 35.5 Å². The van der Waals surface area contributed by atoms with Crippen molar-refractivity contribution in [2.24, 2.45) is 0 Å². The molecule has 3 heterocycles. The van der Waals surface area contributed by atoms with E-state index < -0.39 is 33.6 Å². The summed E-state index contributed by atoms with van der Waals surface area (Å²) >= 11 is 0. The number of aromatic hydroxyl groups is 2. The van der Waals surface area contributed by atoms with E-state index in [-0.39, 0.29) is 58.7 Å². The standard InChI is InChI=1S/C25H21B7N4O6/c26-16-12(17(27)19(38)14(18(16)37)9-35-4-6-42-7-5-35)8-33-15-3-1-2-11-13(15)10-36(20(11)39)24(30)22(41)34-21(40)23(28,29)25(24,31)32/h1-3,33,37-38H,4-10H2,(H,34,40,41). The third kappa shape index (κ3) is 4.38. The first-order valence-corrected chi connectivity index (χ1v) is 13.0. The Balaban J connectivity index is 1.42. The van der Waals surface area contributed by atoms with Crippen LogP contribution in [0.5, 0.6) is 11.5 Å². The number of ether oxygens (including phenoxy) is 1. The van der Waals surface area contributed by atoms with E-state index in [1.54, 1.807) is 12.1 Å². The van der Waals surface area contributed by atoms with Gasteiger partial charge in [0.1, 0.15) is 35.0 Å². The van der Waals surface area contributed by atoms with Crippen molar-refractivity contribution in [2.75, 3.05) is 31.6 Å². The first-order valence-electron chi connectivity index (χ1n) is 13.0. The van der Waals surface area contributed by atoms with Gasteiger partial charge in [-0.15, -0.1) is 0 Å². The fourth-order valence-corrected chi connectivity index (χ4v) is 5.50. The van der Waals surface area contributed by atoms with Gasteiger partial charge in [-0.25, -0.2) is 0 Å². The summed E-state index contributed by atoms with van der Waals surface area (Å²) in [5.74, 6) is -3.59. The van der Waals surface area contributed by atoms with Crippen molar-refractivity contribution in [3.05, 3.63) is 40.5 Å². The number of hydrogen-bond donors (Lipinski definition) is 4. The lowest BCUT2D eigenvalue weighted by Gasteiger charge is -2.60. The number of anilines is 1. The van der Waals surface area contributed by atoms with Gasteiger partial charge in [-0.2, -0.15) is 0 Å². The van der Waals surface area contributed by atoms with Crippen LogP contribution < -0.4 is 21.6 Å². The highest BCUT2D eigenvalue weighted by molar-refractivity contribution is 6.66. The van der Waals surface area contributed by atoms with Crippen LogP contribution in [0.4, 0.5) is 5.69 Å². The molecule has 2 saturated heterocycles. The number of fused-ring (bicyclic) bond motifs is 1. The number of carbonyl (C=O) groups is 3. The molecule has 10 nitrogen and oxygen atoms in total. The molecule has 0 aliphatic carbocycles. The van der Waals surface area contributed by atoms with Crippen LogP contribution in [0.1, 0.15) is 27.0 Å². The fourth-order valence-electron chi connectivity index (χ4n) is 5.50. The minimum absolute atomic E-state index is 0.0194. The van der Waals surface area contributed by atoms with Crippen molar-refractivity contribution in [3.8, 4) is 11.5 Å². The summed E-state index contributed by atoms with van der Waals surface area (Å²) in [6.45, 7) is 2.20. The molecule has 0 bridgehead atoms. The molecule has 5 rings (SSSR count). The van der Waals surface area contributed by atoms with Crippen LogP contribution in [0.15, 0.2) is 18.2 Å². The van der Waals surface area contributed by atoms with E-state index in [0.717, 1.165) is 4.90 Å². The molecule has 198 valence electrons. The summed E-state index contributed by atoms with van der Waals surface area (Å²) in [6, 6.07) is 4.74. The maximum absolute atomic E-state index is 13.5. The zero-order valence-corrected chi connectivity index (χ0v) is 22.6. The Kier molecular flexibility index (Phi) is 7.59. The number of imide groups is 1. The Morgan fingerprint density at radius 2 is 1.55 bits per heavy atom. The van der Waals surface area contributed by atoms with Gasteiger partial charge in [0.2, 0.25) is 11.8 Å². The molecule has 14 radical (unpaired) electrons. The second kappa shape index (κ2) is 10.5. The summed E-state index contributed by atoms with van der Waals surface area (Å²) in [5.41, 5.74) is -1.13. The number of amides is 3. The Labute approximate surface area is 252 Å². The first-order chi connectivity index (χ1) is 19.6. The number of phenolic OH excluding ortho intramolecular Hbond substituents is 2. The number of rotatable bonds is 6. The summed E-state index contributed by atoms with van der Waals surface area (Å²) in [6.07, 6.45) is 0. The van der Waals surface area contributed by atoms with Crippen LogP contribution >= 0.6 is 0 Å². The number of carbonyl (C=O) groups excluding carboxylic acids is 3. The monoisotopic (exact) mass is 550 g/mol. The predicted octanol–water partition coefficient (Wildman–Crippen LogP) is -3.49. The van der Waals surface area contributed by atoms with Crippen molar-refractivity contribution < 1.29 is 29.3 Å². The average Bonchev–Trinajstić information content (AvgIpc) is 3.30. The minimum Gasteiger partial charge on any atom is -0.508 e. The molecule has 3 aliphatic rings. The van der Waals surface area contributed by atoms with E-state index >= 15 is 0 Å². The summed E-state index contributed by atoms with van der Waals surface area (Å²) in [5, 5.41) is 21.7. The molecule has 1 unspecified atom stereocenters. The molecule has 0 saturated carbocycles. The quantitative estimate of drug-likeness (QED) is 0.216. The number of nitrogens with one attached hydrogen (secondary N) is 2. The number of piperidine rings is 1. The van der Waals surface area contributed by atoms with Crippen molar-refractivity contribution in [3.63, 3.8) is 0 Å². The van der Waals surface area contributed by atoms with Crippen LogP contribution in [-0.2, 0) is 34.0 Å². The van der Waals surface area contributed by atoms with Crippen molar-refractivity contribution >= 4 is 89.3 Å². The molecule has 2 fully saturated rings. The molecule has 17 heteroatoms. The van der Waals surface area contributed by atoms with E-state index in [1.807, 2.05) is 10.2 Å². The van der Waals surface area contributed by atoms with E-state index in [4.69, 9.17) is 59.7 Å². The lowest BCUT2D eigenvalue weighted by Crippen LogP contribution is -2.75. The highest BCUT2D eigenvalue weighted by Crippen LogP contribution is 2.55. The first kappa shape index (κ1) is 30.3. The molecule has 1 atom stereocenters. The second-order valence-corrected chi connectivity index (χ2v) is 10.7. The molecule has 2 aromatic rings. The lowest BCUT2D eigenvalue weighted by atomic mass is 9.21. The molecule has 3 aliphatic heterocycles. The maximum atomic E-state index is 13.5. The highest BCUT2D eigenvalue weighted by Gasteiger charge is 2.63. The Morgan fingerprint density at radius 1 is 0.929 bits per heavy atom. The summed E-state index contributed by atoms with van der Waals surface area (Å²) < 4.78 is 5.34. The van der Waals surface area contributed by atoms with Crippen LogP contribution in [0.2, 0.25) is 10.4 Å².